The van der Waals surface area contributed by atoms with Crippen molar-refractivity contribution >= 4 is 27.5 Å². The number of oxazole rings is 1. The van der Waals surface area contributed by atoms with E-state index in [-0.39, 0.29) is 17.6 Å². The summed E-state index contributed by atoms with van der Waals surface area (Å²) in [6.07, 6.45) is 1.42. The van der Waals surface area contributed by atoms with Gasteiger partial charge in [-0.15, -0.1) is 11.6 Å². The Kier molecular flexibility index (Phi) is 3.07. The maximum absolute atomic E-state index is 13.4. The summed E-state index contributed by atoms with van der Waals surface area (Å²) >= 11 is 8.83. The first kappa shape index (κ1) is 10.6. The highest BCUT2D eigenvalue weighted by Crippen LogP contribution is 2.25. The average Bonchev–Trinajstić information content (AvgIpc) is 2.70. The van der Waals surface area contributed by atoms with E-state index >= 15 is 0 Å². The molecule has 1 aromatic carbocycles. The summed E-state index contributed by atoms with van der Waals surface area (Å²) in [5, 5.41) is 0. The highest BCUT2D eigenvalue weighted by Gasteiger charge is 2.11. The molecule has 2 aromatic rings. The second-order valence-corrected chi connectivity index (χ2v) is 4.08. The third kappa shape index (κ3) is 2.21. The molecular formula is C10H6BrClFNO. The summed E-state index contributed by atoms with van der Waals surface area (Å²) in [6.45, 7) is 0. The van der Waals surface area contributed by atoms with Gasteiger partial charge in [-0.1, -0.05) is 15.9 Å². The fraction of sp³-hybridized carbons (Fsp3) is 0.100. The van der Waals surface area contributed by atoms with E-state index in [1.54, 1.807) is 12.1 Å². The van der Waals surface area contributed by atoms with E-state index in [2.05, 4.69) is 20.9 Å². The largest absolute Gasteiger partial charge is 0.444 e. The van der Waals surface area contributed by atoms with Crippen LogP contribution in [0.1, 0.15) is 5.69 Å². The van der Waals surface area contributed by atoms with Gasteiger partial charge >= 0.3 is 0 Å². The molecule has 2 rings (SSSR count). The first-order chi connectivity index (χ1) is 7.20. The van der Waals surface area contributed by atoms with Crippen molar-refractivity contribution in [3.63, 3.8) is 0 Å². The lowest BCUT2D eigenvalue weighted by molar-refractivity contribution is 0.561. The van der Waals surface area contributed by atoms with E-state index in [4.69, 9.17) is 16.0 Å². The molecule has 2 nitrogen and oxygen atoms in total. The van der Waals surface area contributed by atoms with Gasteiger partial charge < -0.3 is 4.42 Å². The summed E-state index contributed by atoms with van der Waals surface area (Å²) in [7, 11) is 0. The van der Waals surface area contributed by atoms with Gasteiger partial charge in [0, 0.05) is 4.47 Å². The van der Waals surface area contributed by atoms with Gasteiger partial charge in [-0.2, -0.15) is 0 Å². The van der Waals surface area contributed by atoms with Gasteiger partial charge in [-0.05, 0) is 18.2 Å². The maximum Gasteiger partial charge on any atom is 0.229 e. The molecule has 0 spiro atoms. The maximum atomic E-state index is 13.4. The summed E-state index contributed by atoms with van der Waals surface area (Å²) in [5.41, 5.74) is 0.909. The van der Waals surface area contributed by atoms with Crippen LogP contribution in [0.15, 0.2) is 33.4 Å². The van der Waals surface area contributed by atoms with Gasteiger partial charge in [0.2, 0.25) is 5.89 Å². The SMILES string of the molecule is Fc1ccc(Br)cc1-c1nc(CCl)co1. The normalized spacial score (nSPS) is 10.6. The van der Waals surface area contributed by atoms with Crippen LogP contribution >= 0.6 is 27.5 Å². The topological polar surface area (TPSA) is 26.0 Å². The highest BCUT2D eigenvalue weighted by molar-refractivity contribution is 9.10. The fourth-order valence-electron chi connectivity index (χ4n) is 1.15. The number of alkyl halides is 1. The van der Waals surface area contributed by atoms with Gasteiger partial charge in [0.1, 0.15) is 12.1 Å². The fourth-order valence-corrected chi connectivity index (χ4v) is 1.64. The molecule has 0 aliphatic rings. The van der Waals surface area contributed by atoms with E-state index in [0.717, 1.165) is 4.47 Å². The lowest BCUT2D eigenvalue weighted by Crippen LogP contribution is -1.85. The predicted octanol–water partition coefficient (Wildman–Crippen LogP) is 3.98. The van der Waals surface area contributed by atoms with E-state index in [1.165, 1.54) is 12.3 Å². The second-order valence-electron chi connectivity index (χ2n) is 2.90. The first-order valence-electron chi connectivity index (χ1n) is 4.16. The zero-order valence-corrected chi connectivity index (χ0v) is 9.85. The Morgan fingerprint density at radius 3 is 2.93 bits per heavy atom. The lowest BCUT2D eigenvalue weighted by Gasteiger charge is -1.98. The number of hydrogen-bond donors (Lipinski definition) is 0. The molecule has 0 radical (unpaired) electrons. The van der Waals surface area contributed by atoms with Crippen LogP contribution in [0.25, 0.3) is 11.5 Å². The number of aromatic nitrogens is 1. The zero-order chi connectivity index (χ0) is 10.8. The molecule has 0 saturated carbocycles. The van der Waals surface area contributed by atoms with Crippen molar-refractivity contribution in [2.75, 3.05) is 0 Å². The molecule has 0 aliphatic heterocycles. The average molecular weight is 291 g/mol. The summed E-state index contributed by atoms with van der Waals surface area (Å²) in [4.78, 5) is 4.04. The Morgan fingerprint density at radius 1 is 1.47 bits per heavy atom. The molecule has 0 amide bonds. The number of benzene rings is 1. The van der Waals surface area contributed by atoms with Crippen molar-refractivity contribution in [2.24, 2.45) is 0 Å². The Morgan fingerprint density at radius 2 is 2.27 bits per heavy atom. The standard InChI is InChI=1S/C10H6BrClFNO/c11-6-1-2-9(13)8(3-6)10-14-7(4-12)5-15-10/h1-3,5H,4H2. The van der Waals surface area contributed by atoms with Crippen LogP contribution in [0.5, 0.6) is 0 Å². The van der Waals surface area contributed by atoms with Crippen LogP contribution in [0, 0.1) is 5.82 Å². The van der Waals surface area contributed by atoms with Crippen molar-refractivity contribution in [3.05, 3.63) is 40.4 Å². The zero-order valence-electron chi connectivity index (χ0n) is 7.51. The van der Waals surface area contributed by atoms with E-state index in [1.807, 2.05) is 0 Å². The number of hydrogen-bond acceptors (Lipinski definition) is 2. The van der Waals surface area contributed by atoms with Crippen molar-refractivity contribution in [1.29, 1.82) is 0 Å². The van der Waals surface area contributed by atoms with E-state index in [9.17, 15) is 4.39 Å². The Hall–Kier alpha value is -0.870. The monoisotopic (exact) mass is 289 g/mol. The Balaban J connectivity index is 2.48. The van der Waals surface area contributed by atoms with Crippen LogP contribution in [-0.2, 0) is 5.88 Å². The second kappa shape index (κ2) is 4.33. The minimum Gasteiger partial charge on any atom is -0.444 e. The third-order valence-corrected chi connectivity index (χ3v) is 2.61. The molecule has 1 heterocycles. The van der Waals surface area contributed by atoms with Crippen molar-refractivity contribution in [1.82, 2.24) is 4.98 Å². The van der Waals surface area contributed by atoms with E-state index in [0.29, 0.717) is 11.3 Å². The molecule has 5 heteroatoms. The Labute approximate surface area is 99.2 Å². The molecule has 1 aromatic heterocycles. The molecule has 0 fully saturated rings. The quantitative estimate of drug-likeness (QED) is 0.782. The van der Waals surface area contributed by atoms with Crippen LogP contribution < -0.4 is 0 Å². The van der Waals surface area contributed by atoms with E-state index < -0.39 is 0 Å². The third-order valence-electron chi connectivity index (χ3n) is 1.85. The predicted molar refractivity (Wildman–Crippen MR) is 59.2 cm³/mol. The van der Waals surface area contributed by atoms with Crippen molar-refractivity contribution in [3.8, 4) is 11.5 Å². The minimum absolute atomic E-state index is 0.240. The molecular weight excluding hydrogens is 284 g/mol. The first-order valence-corrected chi connectivity index (χ1v) is 5.49. The van der Waals surface area contributed by atoms with Crippen LogP contribution in [0.3, 0.4) is 0 Å². The lowest BCUT2D eigenvalue weighted by atomic mass is 10.2. The Bertz CT molecular complexity index is 486. The molecule has 0 N–H and O–H groups in total. The summed E-state index contributed by atoms with van der Waals surface area (Å²) < 4.78 is 19.3. The molecule has 78 valence electrons. The number of nitrogens with zero attached hydrogens (tertiary/aromatic N) is 1. The number of halogens is 3. The number of rotatable bonds is 2. The van der Waals surface area contributed by atoms with Gasteiger partial charge in [0.15, 0.2) is 0 Å². The van der Waals surface area contributed by atoms with Gasteiger partial charge in [0.25, 0.3) is 0 Å². The van der Waals surface area contributed by atoms with Gasteiger partial charge in [-0.3, -0.25) is 0 Å². The summed E-state index contributed by atoms with van der Waals surface area (Å²) in [5.74, 6) is 0.115. The minimum atomic E-state index is -0.374. The molecule has 0 saturated heterocycles. The molecule has 0 aliphatic carbocycles. The molecule has 0 unspecified atom stereocenters. The van der Waals surface area contributed by atoms with Crippen molar-refractivity contribution < 1.29 is 8.81 Å². The van der Waals surface area contributed by atoms with Crippen LogP contribution in [-0.4, -0.2) is 4.98 Å². The van der Waals surface area contributed by atoms with Gasteiger partial charge in [0.05, 0.1) is 17.1 Å². The molecule has 0 bridgehead atoms. The summed E-state index contributed by atoms with van der Waals surface area (Å²) in [6, 6.07) is 4.58. The van der Waals surface area contributed by atoms with Crippen molar-refractivity contribution in [2.45, 2.75) is 5.88 Å². The molecule has 0 atom stereocenters. The van der Waals surface area contributed by atoms with Crippen LogP contribution in [0.2, 0.25) is 0 Å². The smallest absolute Gasteiger partial charge is 0.229 e. The van der Waals surface area contributed by atoms with Gasteiger partial charge in [-0.25, -0.2) is 9.37 Å². The van der Waals surface area contributed by atoms with Crippen LogP contribution in [0.4, 0.5) is 4.39 Å². The highest BCUT2D eigenvalue weighted by atomic mass is 79.9. The molecule has 15 heavy (non-hydrogen) atoms.